The van der Waals surface area contributed by atoms with Crippen molar-refractivity contribution in [1.82, 2.24) is 4.90 Å². The van der Waals surface area contributed by atoms with E-state index >= 15 is 0 Å². The molecule has 0 amide bonds. The average Bonchev–Trinajstić information content (AvgIpc) is 2.57. The number of halogens is 2. The monoisotopic (exact) mass is 353 g/mol. The predicted octanol–water partition coefficient (Wildman–Crippen LogP) is 3.94. The van der Waals surface area contributed by atoms with Crippen LogP contribution in [-0.2, 0) is 0 Å². The van der Waals surface area contributed by atoms with E-state index in [1.165, 1.54) is 12.8 Å². The highest BCUT2D eigenvalue weighted by molar-refractivity contribution is 6.43. The zero-order chi connectivity index (χ0) is 16.2. The molecule has 1 heterocycles. The summed E-state index contributed by atoms with van der Waals surface area (Å²) < 4.78 is 0. The van der Waals surface area contributed by atoms with Gasteiger partial charge in [-0.25, -0.2) is 0 Å². The van der Waals surface area contributed by atoms with E-state index in [1.807, 2.05) is 12.1 Å². The van der Waals surface area contributed by atoms with Crippen LogP contribution in [0.3, 0.4) is 0 Å². The van der Waals surface area contributed by atoms with Crippen LogP contribution in [0.15, 0.2) is 29.8 Å². The van der Waals surface area contributed by atoms with Crippen molar-refractivity contribution in [2.24, 2.45) is 5.73 Å². The first kappa shape index (κ1) is 17.1. The van der Waals surface area contributed by atoms with Crippen molar-refractivity contribution in [2.45, 2.75) is 31.7 Å². The lowest BCUT2D eigenvalue weighted by atomic mass is 9.94. The van der Waals surface area contributed by atoms with Crippen molar-refractivity contribution in [2.75, 3.05) is 37.6 Å². The lowest BCUT2D eigenvalue weighted by Crippen LogP contribution is -2.46. The smallest absolute Gasteiger partial charge is 0.0825 e. The number of nitrogens with zero attached hydrogens (tertiary/aromatic N) is 2. The van der Waals surface area contributed by atoms with Crippen LogP contribution in [0.1, 0.15) is 25.7 Å². The molecule has 3 rings (SSSR count). The van der Waals surface area contributed by atoms with Gasteiger partial charge >= 0.3 is 0 Å². The summed E-state index contributed by atoms with van der Waals surface area (Å²) in [6.45, 7) is 5.32. The summed E-state index contributed by atoms with van der Waals surface area (Å²) in [6.07, 6.45) is 6.92. The van der Waals surface area contributed by atoms with Crippen LogP contribution in [0, 0.1) is 0 Å². The molecule has 1 aromatic rings. The molecule has 1 aliphatic carbocycles. The van der Waals surface area contributed by atoms with Crippen LogP contribution < -0.4 is 10.6 Å². The van der Waals surface area contributed by atoms with Gasteiger partial charge in [-0.1, -0.05) is 40.9 Å². The second kappa shape index (κ2) is 7.89. The minimum absolute atomic E-state index is 0.379. The summed E-state index contributed by atoms with van der Waals surface area (Å²) in [5, 5.41) is 1.31. The van der Waals surface area contributed by atoms with Gasteiger partial charge in [-0.3, -0.25) is 4.90 Å². The number of hydrogen-bond donors (Lipinski definition) is 1. The molecule has 0 saturated carbocycles. The molecule has 0 bridgehead atoms. The number of piperazine rings is 1. The lowest BCUT2D eigenvalue weighted by molar-refractivity contribution is 0.259. The van der Waals surface area contributed by atoms with Crippen LogP contribution in [0.2, 0.25) is 10.0 Å². The third kappa shape index (κ3) is 4.42. The number of hydrogen-bond acceptors (Lipinski definition) is 3. The second-order valence-electron chi connectivity index (χ2n) is 6.55. The second-order valence-corrected chi connectivity index (χ2v) is 7.33. The first-order valence-electron chi connectivity index (χ1n) is 8.48. The van der Waals surface area contributed by atoms with Crippen molar-refractivity contribution < 1.29 is 0 Å². The average molecular weight is 354 g/mol. The molecule has 1 unspecified atom stereocenters. The Morgan fingerprint density at radius 1 is 1.13 bits per heavy atom. The summed E-state index contributed by atoms with van der Waals surface area (Å²) in [5.41, 5.74) is 8.60. The summed E-state index contributed by atoms with van der Waals surface area (Å²) in [4.78, 5) is 4.88. The van der Waals surface area contributed by atoms with Gasteiger partial charge in [-0.15, -0.1) is 0 Å². The largest absolute Gasteiger partial charge is 0.368 e. The Hall–Kier alpha value is -0.740. The molecule has 2 N–H and O–H groups in total. The number of anilines is 1. The van der Waals surface area contributed by atoms with Gasteiger partial charge in [0.05, 0.1) is 15.7 Å². The van der Waals surface area contributed by atoms with E-state index in [0.29, 0.717) is 16.1 Å². The zero-order valence-corrected chi connectivity index (χ0v) is 15.0. The highest BCUT2D eigenvalue weighted by Crippen LogP contribution is 2.33. The van der Waals surface area contributed by atoms with Crippen LogP contribution in [0.4, 0.5) is 5.69 Å². The lowest BCUT2D eigenvalue weighted by Gasteiger charge is -2.36. The Kier molecular flexibility index (Phi) is 5.86. The normalized spacial score (nSPS) is 23.0. The minimum Gasteiger partial charge on any atom is -0.368 e. The van der Waals surface area contributed by atoms with E-state index in [9.17, 15) is 0 Å². The maximum Gasteiger partial charge on any atom is 0.0825 e. The predicted molar refractivity (Wildman–Crippen MR) is 99.6 cm³/mol. The highest BCUT2D eigenvalue weighted by atomic mass is 35.5. The van der Waals surface area contributed by atoms with Gasteiger partial charge in [-0.2, -0.15) is 0 Å². The van der Waals surface area contributed by atoms with Gasteiger partial charge in [0.1, 0.15) is 0 Å². The molecule has 5 heteroatoms. The molecule has 1 aliphatic heterocycles. The standard InChI is InChI=1S/C18H25Cl2N3/c19-16-2-1-3-17(18(16)20)23-12-10-22(11-13-23)9-8-14-4-6-15(21)7-5-14/h1-4,15H,5-13,21H2. The van der Waals surface area contributed by atoms with E-state index in [0.717, 1.165) is 51.3 Å². The Bertz CT molecular complexity index is 565. The highest BCUT2D eigenvalue weighted by Gasteiger charge is 2.20. The fourth-order valence-corrected chi connectivity index (χ4v) is 3.80. The summed E-state index contributed by atoms with van der Waals surface area (Å²) >= 11 is 12.5. The van der Waals surface area contributed by atoms with Crippen LogP contribution in [0.5, 0.6) is 0 Å². The fourth-order valence-electron chi connectivity index (χ4n) is 3.39. The quantitative estimate of drug-likeness (QED) is 0.832. The molecule has 1 aromatic carbocycles. The van der Waals surface area contributed by atoms with Crippen molar-refractivity contribution in [3.8, 4) is 0 Å². The summed E-state index contributed by atoms with van der Waals surface area (Å²) in [5.74, 6) is 0. The molecule has 0 aromatic heterocycles. The Balaban J connectivity index is 1.48. The SMILES string of the molecule is NC1CC=C(CCN2CCN(c3cccc(Cl)c3Cl)CC2)CC1. The van der Waals surface area contributed by atoms with Crippen molar-refractivity contribution >= 4 is 28.9 Å². The van der Waals surface area contributed by atoms with E-state index in [4.69, 9.17) is 28.9 Å². The number of rotatable bonds is 4. The van der Waals surface area contributed by atoms with Crippen molar-refractivity contribution in [3.05, 3.63) is 39.9 Å². The Morgan fingerprint density at radius 2 is 1.91 bits per heavy atom. The zero-order valence-electron chi connectivity index (χ0n) is 13.5. The molecule has 126 valence electrons. The van der Waals surface area contributed by atoms with Crippen LogP contribution in [-0.4, -0.2) is 43.7 Å². The van der Waals surface area contributed by atoms with Gasteiger partial charge in [0, 0.05) is 38.8 Å². The van der Waals surface area contributed by atoms with Crippen LogP contribution >= 0.6 is 23.2 Å². The summed E-state index contributed by atoms with van der Waals surface area (Å²) in [6, 6.07) is 6.24. The van der Waals surface area contributed by atoms with Gasteiger partial charge in [0.15, 0.2) is 0 Å². The Morgan fingerprint density at radius 3 is 2.61 bits per heavy atom. The van der Waals surface area contributed by atoms with Gasteiger partial charge in [-0.05, 0) is 37.8 Å². The van der Waals surface area contributed by atoms with E-state index in [-0.39, 0.29) is 0 Å². The molecule has 0 spiro atoms. The fraction of sp³-hybridized carbons (Fsp3) is 0.556. The van der Waals surface area contributed by atoms with Crippen LogP contribution in [0.25, 0.3) is 0 Å². The Labute approximate surface area is 149 Å². The molecule has 1 atom stereocenters. The number of nitrogens with two attached hydrogens (primary N) is 1. The van der Waals surface area contributed by atoms with E-state index in [1.54, 1.807) is 5.57 Å². The maximum absolute atomic E-state index is 6.33. The van der Waals surface area contributed by atoms with Crippen molar-refractivity contribution in [3.63, 3.8) is 0 Å². The maximum atomic E-state index is 6.33. The van der Waals surface area contributed by atoms with E-state index < -0.39 is 0 Å². The molecule has 0 radical (unpaired) electrons. The van der Waals surface area contributed by atoms with E-state index in [2.05, 4.69) is 21.9 Å². The first-order valence-corrected chi connectivity index (χ1v) is 9.24. The summed E-state index contributed by atoms with van der Waals surface area (Å²) in [7, 11) is 0. The molecule has 1 saturated heterocycles. The minimum atomic E-state index is 0.379. The van der Waals surface area contributed by atoms with Gasteiger partial charge in [0.2, 0.25) is 0 Å². The molecular formula is C18H25Cl2N3. The molecule has 3 nitrogen and oxygen atoms in total. The van der Waals surface area contributed by atoms with Crippen molar-refractivity contribution in [1.29, 1.82) is 0 Å². The number of benzene rings is 1. The molecule has 23 heavy (non-hydrogen) atoms. The molecule has 2 aliphatic rings. The first-order chi connectivity index (χ1) is 11.1. The third-order valence-electron chi connectivity index (χ3n) is 4.94. The molecular weight excluding hydrogens is 329 g/mol. The topological polar surface area (TPSA) is 32.5 Å². The van der Waals surface area contributed by atoms with Gasteiger partial charge < -0.3 is 10.6 Å². The third-order valence-corrected chi connectivity index (χ3v) is 5.75. The van der Waals surface area contributed by atoms with Gasteiger partial charge in [0.25, 0.3) is 0 Å². The molecule has 1 fully saturated rings.